The van der Waals surface area contributed by atoms with Gasteiger partial charge in [-0.1, -0.05) is 26.8 Å². The molecule has 0 radical (unpaired) electrons. The molecule has 0 saturated carbocycles. The first kappa shape index (κ1) is 20.4. The number of fused-ring (bicyclic) bond motifs is 3. The van der Waals surface area contributed by atoms with Crippen LogP contribution in [0.2, 0.25) is 0 Å². The van der Waals surface area contributed by atoms with Crippen molar-refractivity contribution in [1.29, 1.82) is 4.78 Å². The Morgan fingerprint density at radius 3 is 2.94 bits per heavy atom. The van der Waals surface area contributed by atoms with Crippen molar-refractivity contribution in [2.45, 2.75) is 70.2 Å². The van der Waals surface area contributed by atoms with Crippen LogP contribution >= 0.6 is 0 Å². The molecule has 3 N–H and O–H groups in total. The molecule has 0 saturated heterocycles. The summed E-state index contributed by atoms with van der Waals surface area (Å²) >= 11 is 0. The minimum atomic E-state index is -3.63. The standard InChI is InChI=1S/C22H29N5O3S/c1-13-7-8-15-9-14-5-4-6-16(14)19(18(13)15)25-21(28)26-31(23,29)17-10-24-27-11-22(2,3)12-30-20(17)27/h9-10,13H,4-8,11-12H2,1-3H3,(H3,23,25,26,28,29)/t13-,31-/m1/s1. The summed E-state index contributed by atoms with van der Waals surface area (Å²) in [5.74, 6) is 0.672. The molecule has 166 valence electrons. The van der Waals surface area contributed by atoms with Gasteiger partial charge in [-0.2, -0.15) is 5.10 Å². The highest BCUT2D eigenvalue weighted by molar-refractivity contribution is 7.91. The first-order valence-corrected chi connectivity index (χ1v) is 12.4. The smallest absolute Gasteiger partial charge is 0.331 e. The monoisotopic (exact) mass is 443 g/mol. The number of carbonyl (C=O) groups is 1. The Bertz CT molecular complexity index is 1180. The summed E-state index contributed by atoms with van der Waals surface area (Å²) in [5.41, 5.74) is 5.74. The van der Waals surface area contributed by atoms with Gasteiger partial charge in [-0.15, -0.1) is 0 Å². The highest BCUT2D eigenvalue weighted by Gasteiger charge is 2.33. The predicted molar refractivity (Wildman–Crippen MR) is 118 cm³/mol. The van der Waals surface area contributed by atoms with Gasteiger partial charge in [0.15, 0.2) is 9.92 Å². The molecule has 2 aliphatic carbocycles. The van der Waals surface area contributed by atoms with E-state index in [4.69, 9.17) is 9.52 Å². The van der Waals surface area contributed by atoms with Crippen molar-refractivity contribution in [3.63, 3.8) is 0 Å². The summed E-state index contributed by atoms with van der Waals surface area (Å²) < 4.78 is 31.3. The van der Waals surface area contributed by atoms with E-state index < -0.39 is 15.9 Å². The van der Waals surface area contributed by atoms with E-state index in [1.807, 2.05) is 0 Å². The number of ether oxygens (including phenoxy) is 1. The Kier molecular flexibility index (Phi) is 4.58. The molecule has 5 rings (SSSR count). The maximum absolute atomic E-state index is 13.2. The summed E-state index contributed by atoms with van der Waals surface area (Å²) in [4.78, 5) is 13.0. The Hall–Kier alpha value is -2.55. The van der Waals surface area contributed by atoms with Gasteiger partial charge in [-0.25, -0.2) is 23.2 Å². The summed E-state index contributed by atoms with van der Waals surface area (Å²) in [6.45, 7) is 7.33. The number of nitrogens with zero attached hydrogens (tertiary/aromatic N) is 2. The average molecular weight is 444 g/mol. The quantitative estimate of drug-likeness (QED) is 0.666. The second-order valence-electron chi connectivity index (χ2n) is 9.79. The van der Waals surface area contributed by atoms with E-state index in [0.29, 0.717) is 24.9 Å². The number of hydrogen-bond donors (Lipinski definition) is 3. The zero-order chi connectivity index (χ0) is 22.0. The Morgan fingerprint density at radius 2 is 2.13 bits per heavy atom. The fourth-order valence-electron chi connectivity index (χ4n) is 5.10. The Morgan fingerprint density at radius 1 is 1.32 bits per heavy atom. The lowest BCUT2D eigenvalue weighted by Gasteiger charge is -2.30. The molecular formula is C22H29N5O3S. The van der Waals surface area contributed by atoms with Crippen LogP contribution in [0.4, 0.5) is 10.5 Å². The van der Waals surface area contributed by atoms with Crippen molar-refractivity contribution in [1.82, 2.24) is 14.5 Å². The molecule has 2 aromatic rings. The molecular weight excluding hydrogens is 414 g/mol. The lowest BCUT2D eigenvalue weighted by molar-refractivity contribution is 0.0971. The molecule has 2 heterocycles. The molecule has 0 unspecified atom stereocenters. The lowest BCUT2D eigenvalue weighted by atomic mass is 9.94. The van der Waals surface area contributed by atoms with Gasteiger partial charge in [0.2, 0.25) is 5.88 Å². The number of rotatable bonds is 3. The number of anilines is 1. The van der Waals surface area contributed by atoms with E-state index in [0.717, 1.165) is 37.8 Å². The van der Waals surface area contributed by atoms with E-state index >= 15 is 0 Å². The van der Waals surface area contributed by atoms with Crippen molar-refractivity contribution in [2.75, 3.05) is 11.9 Å². The van der Waals surface area contributed by atoms with Gasteiger partial charge in [0.05, 0.1) is 19.3 Å². The first-order chi connectivity index (χ1) is 14.6. The van der Waals surface area contributed by atoms with Crippen LogP contribution in [0.5, 0.6) is 5.88 Å². The van der Waals surface area contributed by atoms with E-state index in [9.17, 15) is 9.00 Å². The second-order valence-corrected chi connectivity index (χ2v) is 11.5. The van der Waals surface area contributed by atoms with Gasteiger partial charge >= 0.3 is 6.03 Å². The Balaban J connectivity index is 1.41. The molecule has 0 fully saturated rings. The number of urea groups is 1. The van der Waals surface area contributed by atoms with Crippen molar-refractivity contribution in [2.24, 2.45) is 5.41 Å². The highest BCUT2D eigenvalue weighted by atomic mass is 32.2. The van der Waals surface area contributed by atoms with Crippen molar-refractivity contribution in [3.8, 4) is 5.88 Å². The normalized spacial score (nSPS) is 22.6. The zero-order valence-corrected chi connectivity index (χ0v) is 19.0. The number of benzene rings is 1. The van der Waals surface area contributed by atoms with Gasteiger partial charge in [0.25, 0.3) is 0 Å². The van der Waals surface area contributed by atoms with Gasteiger partial charge in [-0.3, -0.25) is 0 Å². The third-order valence-electron chi connectivity index (χ3n) is 6.59. The van der Waals surface area contributed by atoms with Crippen LogP contribution in [0.3, 0.4) is 0 Å². The maximum Gasteiger partial charge on any atom is 0.331 e. The molecule has 1 aromatic carbocycles. The fourth-order valence-corrected chi connectivity index (χ4v) is 6.13. The molecule has 0 spiro atoms. The number of carbonyl (C=O) groups excluding carboxylic acids is 1. The highest BCUT2D eigenvalue weighted by Crippen LogP contribution is 2.44. The molecule has 2 amide bonds. The minimum Gasteiger partial charge on any atom is -0.476 e. The topological polar surface area (TPSA) is 109 Å². The van der Waals surface area contributed by atoms with Gasteiger partial charge in [-0.05, 0) is 60.3 Å². The second kappa shape index (κ2) is 6.98. The number of hydrogen-bond acceptors (Lipinski definition) is 5. The van der Waals surface area contributed by atoms with Crippen LogP contribution < -0.4 is 14.8 Å². The van der Waals surface area contributed by atoms with Crippen molar-refractivity contribution in [3.05, 3.63) is 34.5 Å². The Labute approximate surface area is 182 Å². The van der Waals surface area contributed by atoms with Crippen molar-refractivity contribution < 1.29 is 13.7 Å². The summed E-state index contributed by atoms with van der Waals surface area (Å²) in [6, 6.07) is 1.67. The zero-order valence-electron chi connectivity index (χ0n) is 18.2. The van der Waals surface area contributed by atoms with E-state index in [1.165, 1.54) is 28.5 Å². The maximum atomic E-state index is 13.2. The van der Waals surface area contributed by atoms with E-state index in [2.05, 4.69) is 42.0 Å². The summed E-state index contributed by atoms with van der Waals surface area (Å²) in [6.07, 6.45) is 6.49. The molecule has 9 heteroatoms. The van der Waals surface area contributed by atoms with Crippen LogP contribution in [-0.4, -0.2) is 26.6 Å². The number of aromatic nitrogens is 2. The van der Waals surface area contributed by atoms with Gasteiger partial charge in [0.1, 0.15) is 4.90 Å². The molecule has 2 atom stereocenters. The number of amides is 2. The fraction of sp³-hybridized carbons (Fsp3) is 0.545. The summed E-state index contributed by atoms with van der Waals surface area (Å²) in [5, 5.41) is 7.20. The number of nitrogens with one attached hydrogen (secondary N) is 3. The average Bonchev–Trinajstić information content (AvgIpc) is 3.38. The van der Waals surface area contributed by atoms with E-state index in [-0.39, 0.29) is 10.3 Å². The summed E-state index contributed by atoms with van der Waals surface area (Å²) in [7, 11) is -3.63. The molecule has 1 aliphatic heterocycles. The van der Waals surface area contributed by atoms with Gasteiger partial charge < -0.3 is 10.1 Å². The van der Waals surface area contributed by atoms with Crippen LogP contribution in [0.25, 0.3) is 0 Å². The number of aryl methyl sites for hydroxylation is 2. The first-order valence-electron chi connectivity index (χ1n) is 10.9. The third kappa shape index (κ3) is 3.48. The van der Waals surface area contributed by atoms with Crippen LogP contribution in [0.15, 0.2) is 17.2 Å². The largest absolute Gasteiger partial charge is 0.476 e. The van der Waals surface area contributed by atoms with Crippen LogP contribution in [0, 0.1) is 10.2 Å². The molecule has 31 heavy (non-hydrogen) atoms. The minimum absolute atomic E-state index is 0.102. The van der Waals surface area contributed by atoms with Crippen molar-refractivity contribution >= 4 is 21.6 Å². The van der Waals surface area contributed by atoms with Crippen LogP contribution in [0.1, 0.15) is 61.8 Å². The molecule has 8 nitrogen and oxygen atoms in total. The third-order valence-corrected chi connectivity index (χ3v) is 7.96. The van der Waals surface area contributed by atoms with Crippen LogP contribution in [-0.2, 0) is 35.7 Å². The molecule has 1 aromatic heterocycles. The molecule has 0 bridgehead atoms. The van der Waals surface area contributed by atoms with Gasteiger partial charge in [0, 0.05) is 11.1 Å². The lowest BCUT2D eigenvalue weighted by Crippen LogP contribution is -2.36. The predicted octanol–water partition coefficient (Wildman–Crippen LogP) is 3.98. The molecule has 3 aliphatic rings. The van der Waals surface area contributed by atoms with E-state index in [1.54, 1.807) is 4.68 Å². The SMILES string of the molecule is C[C@@H]1CCc2cc3c(c(NC(=O)N[S@@](=N)(=O)c4cnn5c4OCC(C)(C)C5)c21)CCC3.